The van der Waals surface area contributed by atoms with Crippen molar-refractivity contribution in [2.45, 2.75) is 45.8 Å². The number of anilines is 1. The summed E-state index contributed by atoms with van der Waals surface area (Å²) < 4.78 is 0. The van der Waals surface area contributed by atoms with Crippen molar-refractivity contribution in [2.75, 3.05) is 18.4 Å². The van der Waals surface area contributed by atoms with Crippen LogP contribution in [0.5, 0.6) is 0 Å². The molecule has 3 amide bonds. The number of benzene rings is 2. The van der Waals surface area contributed by atoms with Crippen molar-refractivity contribution in [3.05, 3.63) is 65.2 Å². The Hall–Kier alpha value is -2.86. The molecule has 154 valence electrons. The molecule has 1 fully saturated rings. The Morgan fingerprint density at radius 1 is 1.00 bits per heavy atom. The first-order chi connectivity index (χ1) is 14.1. The van der Waals surface area contributed by atoms with Gasteiger partial charge in [0.1, 0.15) is 0 Å². The van der Waals surface area contributed by atoms with Crippen LogP contribution in [0.3, 0.4) is 0 Å². The predicted octanol–water partition coefficient (Wildman–Crippen LogP) is 3.74. The van der Waals surface area contributed by atoms with Gasteiger partial charge in [0, 0.05) is 30.4 Å². The minimum atomic E-state index is -0.227. The lowest BCUT2D eigenvalue weighted by Crippen LogP contribution is -2.30. The lowest BCUT2D eigenvalue weighted by Gasteiger charge is -2.18. The van der Waals surface area contributed by atoms with E-state index >= 15 is 0 Å². The van der Waals surface area contributed by atoms with Gasteiger partial charge in [-0.2, -0.15) is 0 Å². The van der Waals surface area contributed by atoms with Gasteiger partial charge in [-0.1, -0.05) is 44.2 Å². The number of urea groups is 1. The van der Waals surface area contributed by atoms with Crippen LogP contribution in [0.25, 0.3) is 0 Å². The Balaban J connectivity index is 1.55. The third kappa shape index (κ3) is 6.61. The van der Waals surface area contributed by atoms with Crippen LogP contribution in [0.4, 0.5) is 10.5 Å². The highest BCUT2D eigenvalue weighted by molar-refractivity contribution is 5.96. The lowest BCUT2D eigenvalue weighted by molar-refractivity contribution is 0.0951. The van der Waals surface area contributed by atoms with Crippen LogP contribution in [-0.4, -0.2) is 36.0 Å². The van der Waals surface area contributed by atoms with Gasteiger partial charge >= 0.3 is 6.03 Å². The Bertz CT molecular complexity index is 844. The normalized spacial score (nSPS) is 13.2. The first kappa shape index (κ1) is 20.9. The summed E-state index contributed by atoms with van der Waals surface area (Å²) in [7, 11) is 0. The lowest BCUT2D eigenvalue weighted by atomic mass is 10.1. The van der Waals surface area contributed by atoms with Crippen LogP contribution < -0.4 is 16.0 Å². The highest BCUT2D eigenvalue weighted by Gasteiger charge is 2.23. The first-order valence-electron chi connectivity index (χ1n) is 10.3. The molecular formula is C23H30N4O2. The third-order valence-corrected chi connectivity index (χ3v) is 5.04. The topological polar surface area (TPSA) is 73.5 Å². The van der Waals surface area contributed by atoms with Crippen molar-refractivity contribution in [1.29, 1.82) is 0 Å². The van der Waals surface area contributed by atoms with Crippen molar-refractivity contribution < 1.29 is 9.59 Å². The molecule has 0 saturated heterocycles. The zero-order chi connectivity index (χ0) is 20.6. The molecule has 0 unspecified atom stereocenters. The number of rotatable bonds is 9. The maximum Gasteiger partial charge on any atom is 0.319 e. The molecule has 2 aromatic rings. The average Bonchev–Trinajstić information content (AvgIpc) is 3.54. The Morgan fingerprint density at radius 3 is 2.45 bits per heavy atom. The molecule has 1 aliphatic carbocycles. The smallest absolute Gasteiger partial charge is 0.319 e. The van der Waals surface area contributed by atoms with Gasteiger partial charge < -0.3 is 16.0 Å². The predicted molar refractivity (Wildman–Crippen MR) is 116 cm³/mol. The van der Waals surface area contributed by atoms with Crippen molar-refractivity contribution >= 4 is 17.6 Å². The fraction of sp³-hybridized carbons (Fsp3) is 0.391. The van der Waals surface area contributed by atoms with Gasteiger partial charge in [-0.15, -0.1) is 0 Å². The average molecular weight is 395 g/mol. The first-order valence-corrected chi connectivity index (χ1v) is 10.3. The fourth-order valence-electron chi connectivity index (χ4n) is 3.15. The Kier molecular flexibility index (Phi) is 7.25. The second kappa shape index (κ2) is 10.1. The van der Waals surface area contributed by atoms with E-state index in [-0.39, 0.29) is 11.9 Å². The second-order valence-electron chi connectivity index (χ2n) is 7.42. The summed E-state index contributed by atoms with van der Waals surface area (Å²) in [4.78, 5) is 26.8. The molecule has 1 aliphatic rings. The van der Waals surface area contributed by atoms with Gasteiger partial charge in [0.05, 0.1) is 0 Å². The zero-order valence-corrected chi connectivity index (χ0v) is 17.2. The maximum absolute atomic E-state index is 12.6. The monoisotopic (exact) mass is 394 g/mol. The van der Waals surface area contributed by atoms with Crippen LogP contribution in [0, 0.1) is 0 Å². The van der Waals surface area contributed by atoms with E-state index in [9.17, 15) is 9.59 Å². The van der Waals surface area contributed by atoms with E-state index in [0.717, 1.165) is 38.0 Å². The van der Waals surface area contributed by atoms with Gasteiger partial charge in [-0.3, -0.25) is 9.69 Å². The van der Waals surface area contributed by atoms with Gasteiger partial charge in [0.2, 0.25) is 0 Å². The van der Waals surface area contributed by atoms with Crippen LogP contribution >= 0.6 is 0 Å². The summed E-state index contributed by atoms with van der Waals surface area (Å²) in [6.07, 6.45) is 2.07. The zero-order valence-electron chi connectivity index (χ0n) is 17.2. The van der Waals surface area contributed by atoms with E-state index in [0.29, 0.717) is 23.8 Å². The van der Waals surface area contributed by atoms with Crippen molar-refractivity contribution in [3.63, 3.8) is 0 Å². The van der Waals surface area contributed by atoms with E-state index in [1.807, 2.05) is 12.1 Å². The summed E-state index contributed by atoms with van der Waals surface area (Å²) in [5.41, 5.74) is 3.44. The fourth-order valence-corrected chi connectivity index (χ4v) is 3.15. The minimum absolute atomic E-state index is 0.162. The molecule has 0 atom stereocenters. The van der Waals surface area contributed by atoms with Gasteiger partial charge in [-0.25, -0.2) is 4.79 Å². The van der Waals surface area contributed by atoms with Crippen LogP contribution in [0.2, 0.25) is 0 Å². The van der Waals surface area contributed by atoms with Crippen LogP contribution in [0.1, 0.15) is 48.2 Å². The van der Waals surface area contributed by atoms with E-state index in [1.54, 1.807) is 24.3 Å². The molecule has 0 aromatic heterocycles. The molecule has 3 rings (SSSR count). The van der Waals surface area contributed by atoms with Crippen molar-refractivity contribution in [3.8, 4) is 0 Å². The quantitative estimate of drug-likeness (QED) is 0.607. The molecule has 0 bridgehead atoms. The largest absolute Gasteiger partial charge is 0.348 e. The minimum Gasteiger partial charge on any atom is -0.348 e. The highest BCUT2D eigenvalue weighted by Crippen LogP contribution is 2.19. The Morgan fingerprint density at radius 2 is 1.72 bits per heavy atom. The summed E-state index contributed by atoms with van der Waals surface area (Å²) in [5.74, 6) is -0.162. The van der Waals surface area contributed by atoms with E-state index in [1.165, 1.54) is 5.56 Å². The van der Waals surface area contributed by atoms with Gasteiger partial charge in [0.15, 0.2) is 0 Å². The Labute approximate surface area is 172 Å². The molecule has 0 heterocycles. The highest BCUT2D eigenvalue weighted by atomic mass is 16.2. The number of hydrogen-bond acceptors (Lipinski definition) is 3. The number of carbonyl (C=O) groups excluding carboxylic acids is 2. The number of amides is 3. The molecule has 0 radical (unpaired) electrons. The van der Waals surface area contributed by atoms with Gasteiger partial charge in [-0.05, 0) is 55.3 Å². The second-order valence-corrected chi connectivity index (χ2v) is 7.42. The summed E-state index contributed by atoms with van der Waals surface area (Å²) in [6, 6.07) is 15.4. The molecule has 6 heteroatoms. The summed E-state index contributed by atoms with van der Waals surface area (Å²) in [6.45, 7) is 7.72. The molecule has 3 N–H and O–H groups in total. The van der Waals surface area contributed by atoms with E-state index in [2.05, 4.69) is 46.8 Å². The maximum atomic E-state index is 12.6. The molecule has 6 nitrogen and oxygen atoms in total. The number of nitrogens with zero attached hydrogens (tertiary/aromatic N) is 1. The molecule has 0 aliphatic heterocycles. The van der Waals surface area contributed by atoms with Crippen molar-refractivity contribution in [2.24, 2.45) is 0 Å². The molecule has 1 saturated carbocycles. The number of carbonyl (C=O) groups is 2. The molecule has 29 heavy (non-hydrogen) atoms. The molecule has 2 aromatic carbocycles. The van der Waals surface area contributed by atoms with E-state index in [4.69, 9.17) is 0 Å². The summed E-state index contributed by atoms with van der Waals surface area (Å²) >= 11 is 0. The SMILES string of the molecule is CCN(CC)Cc1cccc(CNC(=O)c2cccc(NC(=O)NC3CC3)c2)c1. The van der Waals surface area contributed by atoms with Gasteiger partial charge in [0.25, 0.3) is 5.91 Å². The number of hydrogen-bond donors (Lipinski definition) is 3. The standard InChI is InChI=1S/C23H30N4O2/c1-3-27(4-2)16-18-8-5-7-17(13-18)15-24-22(28)19-9-6-10-21(14-19)26-23(29)25-20-11-12-20/h5-10,13-14,20H,3-4,11-12,15-16H2,1-2H3,(H,24,28)(H2,25,26,29). The van der Waals surface area contributed by atoms with Crippen molar-refractivity contribution in [1.82, 2.24) is 15.5 Å². The molecule has 0 spiro atoms. The van der Waals surface area contributed by atoms with Crippen LogP contribution in [-0.2, 0) is 13.1 Å². The third-order valence-electron chi connectivity index (χ3n) is 5.04. The molecular weight excluding hydrogens is 364 g/mol. The van der Waals surface area contributed by atoms with E-state index < -0.39 is 0 Å². The van der Waals surface area contributed by atoms with Crippen LogP contribution in [0.15, 0.2) is 48.5 Å². The summed E-state index contributed by atoms with van der Waals surface area (Å²) in [5, 5.41) is 8.62. The number of nitrogens with one attached hydrogen (secondary N) is 3.